The largest absolute Gasteiger partial charge is 0.350 e. The minimum absolute atomic E-state index is 0. The van der Waals surface area contributed by atoms with Gasteiger partial charge in [-0.25, -0.2) is 4.98 Å². The van der Waals surface area contributed by atoms with Crippen LogP contribution in [-0.2, 0) is 17.8 Å². The maximum Gasteiger partial charge on any atom is 0.241 e. The van der Waals surface area contributed by atoms with Crippen molar-refractivity contribution in [2.24, 2.45) is 4.99 Å². The molecule has 2 aromatic heterocycles. The molecule has 0 aliphatic rings. The lowest BCUT2D eigenvalue weighted by Crippen LogP contribution is -2.43. The van der Waals surface area contributed by atoms with E-state index < -0.39 is 0 Å². The molecule has 0 saturated carbocycles. The van der Waals surface area contributed by atoms with E-state index in [-0.39, 0.29) is 36.4 Å². The number of likely N-dealkylation sites (N-methyl/N-ethyl adjacent to an activating group) is 1. The van der Waals surface area contributed by atoms with Gasteiger partial charge in [-0.3, -0.25) is 14.8 Å². The van der Waals surface area contributed by atoms with Crippen molar-refractivity contribution in [3.63, 3.8) is 0 Å². The van der Waals surface area contributed by atoms with E-state index in [0.717, 1.165) is 22.8 Å². The average molecular weight is 516 g/mol. The normalized spacial score (nSPS) is 11.1. The molecule has 0 bridgehead atoms. The maximum absolute atomic E-state index is 12.3. The first-order valence-corrected chi connectivity index (χ1v) is 9.90. The predicted molar refractivity (Wildman–Crippen MR) is 125 cm³/mol. The fourth-order valence-corrected chi connectivity index (χ4v) is 3.19. The molecule has 0 aromatic carbocycles. The van der Waals surface area contributed by atoms with Crippen molar-refractivity contribution in [1.82, 2.24) is 25.5 Å². The van der Waals surface area contributed by atoms with Crippen LogP contribution in [0.2, 0.25) is 0 Å². The predicted octanol–water partition coefficient (Wildman–Crippen LogP) is 2.65. The molecule has 9 heteroatoms. The van der Waals surface area contributed by atoms with Crippen LogP contribution >= 0.6 is 35.3 Å². The van der Waals surface area contributed by atoms with Gasteiger partial charge in [0, 0.05) is 44.3 Å². The van der Waals surface area contributed by atoms with Gasteiger partial charge in [-0.15, -0.1) is 35.3 Å². The number of guanidine groups is 1. The lowest BCUT2D eigenvalue weighted by molar-refractivity contribution is -0.128. The Labute approximate surface area is 188 Å². The summed E-state index contributed by atoms with van der Waals surface area (Å²) in [6.45, 7) is 5.65. The first-order valence-electron chi connectivity index (χ1n) is 9.02. The second-order valence-electron chi connectivity index (χ2n) is 6.49. The molecule has 0 spiro atoms. The Balaban J connectivity index is 0.00000392. The number of rotatable bonds is 8. The van der Waals surface area contributed by atoms with Crippen LogP contribution in [0.5, 0.6) is 0 Å². The van der Waals surface area contributed by atoms with Crippen molar-refractivity contribution in [2.45, 2.75) is 32.7 Å². The van der Waals surface area contributed by atoms with Crippen LogP contribution in [0.3, 0.4) is 0 Å². The fourth-order valence-electron chi connectivity index (χ4n) is 2.30. The summed E-state index contributed by atoms with van der Waals surface area (Å²) < 4.78 is 0. The first-order chi connectivity index (χ1) is 13.0. The number of aliphatic imine (C=N–C) groups is 1. The van der Waals surface area contributed by atoms with E-state index in [0.29, 0.717) is 25.0 Å². The van der Waals surface area contributed by atoms with Gasteiger partial charge in [0.05, 0.1) is 18.8 Å². The molecule has 2 aromatic rings. The Hall–Kier alpha value is -1.75. The summed E-state index contributed by atoms with van der Waals surface area (Å²) in [7, 11) is 3.48. The third kappa shape index (κ3) is 8.09. The number of pyridine rings is 1. The van der Waals surface area contributed by atoms with Gasteiger partial charge in [0.25, 0.3) is 0 Å². The molecule has 0 aliphatic carbocycles. The van der Waals surface area contributed by atoms with Crippen molar-refractivity contribution in [1.29, 1.82) is 0 Å². The summed E-state index contributed by atoms with van der Waals surface area (Å²) in [5, 5.41) is 9.33. The topological polar surface area (TPSA) is 82.5 Å². The molecule has 2 N–H and O–H groups in total. The molecule has 7 nitrogen and oxygen atoms in total. The number of nitrogens with one attached hydrogen (secondary N) is 2. The number of halogens is 1. The maximum atomic E-state index is 12.3. The standard InChI is InChI=1S/C19H28N6OS.HI/c1-14(2)16-13-27-17(24-16)11-22-19(20-3)23-12-18(26)25(4)10-8-15-7-5-6-9-21-15;/h5-7,9,13-14H,8,10-12H2,1-4H3,(H2,20,22,23);1H. The SMILES string of the molecule is CN=C(NCC(=O)N(C)CCc1ccccn1)NCc1nc(C(C)C)cs1.I. The van der Waals surface area contributed by atoms with Crippen LogP contribution in [0.15, 0.2) is 34.8 Å². The van der Waals surface area contributed by atoms with Gasteiger partial charge in [0.1, 0.15) is 5.01 Å². The molecule has 0 aliphatic heterocycles. The minimum atomic E-state index is 0. The molecule has 1 amide bonds. The van der Waals surface area contributed by atoms with E-state index in [4.69, 9.17) is 0 Å². The van der Waals surface area contributed by atoms with Crippen molar-refractivity contribution in [3.8, 4) is 0 Å². The quantitative estimate of drug-likeness (QED) is 0.320. The van der Waals surface area contributed by atoms with Crippen molar-refractivity contribution in [2.75, 3.05) is 27.2 Å². The van der Waals surface area contributed by atoms with Crippen LogP contribution in [0.1, 0.15) is 36.2 Å². The summed E-state index contributed by atoms with van der Waals surface area (Å²) in [6.07, 6.45) is 2.50. The van der Waals surface area contributed by atoms with Gasteiger partial charge in [-0.05, 0) is 18.1 Å². The Bertz CT molecular complexity index is 750. The highest BCUT2D eigenvalue weighted by atomic mass is 127. The van der Waals surface area contributed by atoms with E-state index in [1.54, 1.807) is 36.5 Å². The summed E-state index contributed by atoms with van der Waals surface area (Å²) in [6, 6.07) is 5.80. The van der Waals surface area contributed by atoms with E-state index in [9.17, 15) is 4.79 Å². The number of carbonyl (C=O) groups is 1. The zero-order chi connectivity index (χ0) is 19.6. The molecule has 0 unspecified atom stereocenters. The van der Waals surface area contributed by atoms with Crippen molar-refractivity contribution in [3.05, 3.63) is 46.2 Å². The van der Waals surface area contributed by atoms with E-state index in [1.807, 2.05) is 18.2 Å². The molecule has 0 fully saturated rings. The number of carbonyl (C=O) groups excluding carboxylic acids is 1. The third-order valence-corrected chi connectivity index (χ3v) is 4.92. The van der Waals surface area contributed by atoms with Gasteiger partial charge < -0.3 is 15.5 Å². The molecule has 2 rings (SSSR count). The highest BCUT2D eigenvalue weighted by molar-refractivity contribution is 14.0. The third-order valence-electron chi connectivity index (χ3n) is 4.05. The number of nitrogens with zero attached hydrogens (tertiary/aromatic N) is 4. The monoisotopic (exact) mass is 516 g/mol. The van der Waals surface area contributed by atoms with Crippen molar-refractivity contribution < 1.29 is 4.79 Å². The second kappa shape index (κ2) is 12.7. The molecule has 0 saturated heterocycles. The van der Waals surface area contributed by atoms with Gasteiger partial charge in [-0.1, -0.05) is 19.9 Å². The number of hydrogen-bond acceptors (Lipinski definition) is 5. The zero-order valence-corrected chi connectivity index (χ0v) is 20.0. The highest BCUT2D eigenvalue weighted by Gasteiger charge is 2.11. The minimum Gasteiger partial charge on any atom is -0.350 e. The number of hydrogen-bond donors (Lipinski definition) is 2. The summed E-state index contributed by atoms with van der Waals surface area (Å²) in [5.74, 6) is 1.01. The number of amides is 1. The second-order valence-corrected chi connectivity index (χ2v) is 7.43. The molecule has 28 heavy (non-hydrogen) atoms. The van der Waals surface area contributed by atoms with Gasteiger partial charge >= 0.3 is 0 Å². The average Bonchev–Trinajstić information content (AvgIpc) is 3.16. The van der Waals surface area contributed by atoms with Crippen LogP contribution in [0.4, 0.5) is 0 Å². The molecular formula is C19H29IN6OS. The summed E-state index contributed by atoms with van der Waals surface area (Å²) in [5.41, 5.74) is 2.08. The van der Waals surface area contributed by atoms with Gasteiger partial charge in [-0.2, -0.15) is 0 Å². The van der Waals surface area contributed by atoms with E-state index >= 15 is 0 Å². The lowest BCUT2D eigenvalue weighted by atomic mass is 10.2. The van der Waals surface area contributed by atoms with Gasteiger partial charge in [0.15, 0.2) is 5.96 Å². The summed E-state index contributed by atoms with van der Waals surface area (Å²) >= 11 is 1.63. The van der Waals surface area contributed by atoms with Crippen LogP contribution < -0.4 is 10.6 Å². The Morgan fingerprint density at radius 1 is 1.32 bits per heavy atom. The fraction of sp³-hybridized carbons (Fsp3) is 0.474. The molecular weight excluding hydrogens is 487 g/mol. The molecule has 2 heterocycles. The lowest BCUT2D eigenvalue weighted by Gasteiger charge is -2.18. The zero-order valence-electron chi connectivity index (χ0n) is 16.8. The Morgan fingerprint density at radius 3 is 2.71 bits per heavy atom. The van der Waals surface area contributed by atoms with Crippen LogP contribution in [0, 0.1) is 0 Å². The molecule has 0 atom stereocenters. The number of thiazole rings is 1. The van der Waals surface area contributed by atoms with E-state index in [1.165, 1.54) is 0 Å². The smallest absolute Gasteiger partial charge is 0.241 e. The first kappa shape index (κ1) is 24.3. The van der Waals surface area contributed by atoms with Crippen molar-refractivity contribution >= 4 is 47.2 Å². The Morgan fingerprint density at radius 2 is 2.11 bits per heavy atom. The van der Waals surface area contributed by atoms with Crippen LogP contribution in [0.25, 0.3) is 0 Å². The van der Waals surface area contributed by atoms with Crippen LogP contribution in [-0.4, -0.2) is 53.9 Å². The van der Waals surface area contributed by atoms with E-state index in [2.05, 4.69) is 44.8 Å². The highest BCUT2D eigenvalue weighted by Crippen LogP contribution is 2.17. The number of aromatic nitrogens is 2. The Kier molecular flexibility index (Phi) is 11.0. The summed E-state index contributed by atoms with van der Waals surface area (Å²) in [4.78, 5) is 27.0. The molecule has 0 radical (unpaired) electrons. The molecule has 154 valence electrons. The van der Waals surface area contributed by atoms with Gasteiger partial charge in [0.2, 0.25) is 5.91 Å².